The van der Waals surface area contributed by atoms with Gasteiger partial charge in [0.1, 0.15) is 11.7 Å². The smallest absolute Gasteiger partial charge is 0.108 e. The molecule has 0 spiro atoms. The van der Waals surface area contributed by atoms with E-state index in [0.717, 1.165) is 24.2 Å². The molecule has 2 nitrogen and oxygen atoms in total. The van der Waals surface area contributed by atoms with Crippen molar-refractivity contribution >= 4 is 11.8 Å². The molecule has 88 valence electrons. The van der Waals surface area contributed by atoms with Crippen molar-refractivity contribution in [3.05, 3.63) is 35.9 Å². The zero-order valence-electron chi connectivity index (χ0n) is 9.30. The first-order valence-electron chi connectivity index (χ1n) is 5.75. The largest absolute Gasteiger partial charge is 0.386 e. The maximum atomic E-state index is 10.5. The number of aliphatic hydroxyl groups excluding tert-OH is 1. The van der Waals surface area contributed by atoms with E-state index in [4.69, 9.17) is 0 Å². The highest BCUT2D eigenvalue weighted by atomic mass is 32.2. The van der Waals surface area contributed by atoms with Crippen LogP contribution in [0.5, 0.6) is 0 Å². The minimum absolute atomic E-state index is 0.628. The molecular weight excluding hydrogens is 220 g/mol. The number of hydrogen-bond acceptors (Lipinski definition) is 3. The SMILES string of the molecule is O[C@@H](c1ccccc1)[C@]1(O)CCCCSC1. The average molecular weight is 238 g/mol. The van der Waals surface area contributed by atoms with E-state index < -0.39 is 11.7 Å². The summed E-state index contributed by atoms with van der Waals surface area (Å²) in [6, 6.07) is 9.45. The summed E-state index contributed by atoms with van der Waals surface area (Å²) in [5, 5.41) is 20.8. The average Bonchev–Trinajstić information content (AvgIpc) is 2.55. The van der Waals surface area contributed by atoms with Gasteiger partial charge in [0, 0.05) is 5.75 Å². The monoisotopic (exact) mass is 238 g/mol. The molecule has 3 heteroatoms. The van der Waals surface area contributed by atoms with Crippen LogP contribution in [0.4, 0.5) is 0 Å². The second-order valence-electron chi connectivity index (χ2n) is 4.43. The van der Waals surface area contributed by atoms with Gasteiger partial charge in [0.25, 0.3) is 0 Å². The van der Waals surface area contributed by atoms with E-state index in [1.54, 1.807) is 11.8 Å². The van der Waals surface area contributed by atoms with Gasteiger partial charge in [0.15, 0.2) is 0 Å². The normalized spacial score (nSPS) is 28.4. The molecule has 0 saturated carbocycles. The van der Waals surface area contributed by atoms with Crippen LogP contribution in [0, 0.1) is 0 Å². The Morgan fingerprint density at radius 2 is 1.94 bits per heavy atom. The van der Waals surface area contributed by atoms with Crippen LogP contribution in [0.25, 0.3) is 0 Å². The van der Waals surface area contributed by atoms with Crippen molar-refractivity contribution in [3.63, 3.8) is 0 Å². The van der Waals surface area contributed by atoms with Gasteiger partial charge in [-0.1, -0.05) is 30.3 Å². The molecule has 0 aliphatic carbocycles. The van der Waals surface area contributed by atoms with E-state index in [0.29, 0.717) is 12.2 Å². The van der Waals surface area contributed by atoms with Crippen molar-refractivity contribution in [2.24, 2.45) is 0 Å². The van der Waals surface area contributed by atoms with Gasteiger partial charge in [-0.25, -0.2) is 0 Å². The molecule has 1 aromatic rings. The van der Waals surface area contributed by atoms with Crippen molar-refractivity contribution in [1.29, 1.82) is 0 Å². The fourth-order valence-electron chi connectivity index (χ4n) is 2.12. The summed E-state index contributed by atoms with van der Waals surface area (Å²) >= 11 is 1.74. The summed E-state index contributed by atoms with van der Waals surface area (Å²) in [7, 11) is 0. The van der Waals surface area contributed by atoms with Gasteiger partial charge in [0.2, 0.25) is 0 Å². The molecule has 1 aliphatic heterocycles. The highest BCUT2D eigenvalue weighted by Gasteiger charge is 2.37. The lowest BCUT2D eigenvalue weighted by Gasteiger charge is -2.31. The fraction of sp³-hybridized carbons (Fsp3) is 0.538. The summed E-state index contributed by atoms with van der Waals surface area (Å²) < 4.78 is 0. The van der Waals surface area contributed by atoms with Gasteiger partial charge in [-0.3, -0.25) is 0 Å². The van der Waals surface area contributed by atoms with Gasteiger partial charge in [0.05, 0.1) is 0 Å². The van der Waals surface area contributed by atoms with Crippen LogP contribution in [0.2, 0.25) is 0 Å². The number of hydrogen-bond donors (Lipinski definition) is 2. The Kier molecular flexibility index (Phi) is 3.90. The molecule has 1 aliphatic rings. The predicted octanol–water partition coefficient (Wildman–Crippen LogP) is 2.37. The third-order valence-corrected chi connectivity index (χ3v) is 4.41. The van der Waals surface area contributed by atoms with Crippen LogP contribution in [-0.2, 0) is 0 Å². The first kappa shape index (κ1) is 12.0. The van der Waals surface area contributed by atoms with Crippen molar-refractivity contribution in [3.8, 4) is 0 Å². The second kappa shape index (κ2) is 5.21. The number of benzene rings is 1. The summed E-state index contributed by atoms with van der Waals surface area (Å²) in [5.74, 6) is 1.72. The lowest BCUT2D eigenvalue weighted by Crippen LogP contribution is -2.38. The Hall–Kier alpha value is -0.510. The number of rotatable bonds is 2. The molecule has 0 amide bonds. The third-order valence-electron chi connectivity index (χ3n) is 3.12. The molecule has 0 radical (unpaired) electrons. The molecular formula is C13H18O2S. The lowest BCUT2D eigenvalue weighted by molar-refractivity contribution is -0.0654. The van der Waals surface area contributed by atoms with Gasteiger partial charge in [-0.05, 0) is 30.6 Å². The molecule has 1 fully saturated rings. The molecule has 16 heavy (non-hydrogen) atoms. The van der Waals surface area contributed by atoms with Gasteiger partial charge in [-0.15, -0.1) is 0 Å². The van der Waals surface area contributed by atoms with Crippen LogP contribution >= 0.6 is 11.8 Å². The van der Waals surface area contributed by atoms with E-state index in [1.165, 1.54) is 0 Å². The quantitative estimate of drug-likeness (QED) is 0.831. The third kappa shape index (κ3) is 2.59. The van der Waals surface area contributed by atoms with E-state index >= 15 is 0 Å². The van der Waals surface area contributed by atoms with E-state index in [-0.39, 0.29) is 0 Å². The number of thioether (sulfide) groups is 1. The van der Waals surface area contributed by atoms with Crippen molar-refractivity contribution in [2.45, 2.75) is 31.0 Å². The minimum Gasteiger partial charge on any atom is -0.386 e. The molecule has 2 rings (SSSR count). The Morgan fingerprint density at radius 1 is 1.19 bits per heavy atom. The summed E-state index contributed by atoms with van der Waals surface area (Å²) in [6.07, 6.45) is 2.05. The van der Waals surface area contributed by atoms with E-state index in [9.17, 15) is 10.2 Å². The molecule has 2 N–H and O–H groups in total. The number of aliphatic hydroxyl groups is 2. The summed E-state index contributed by atoms with van der Waals surface area (Å²) in [5.41, 5.74) is -0.143. The Balaban J connectivity index is 2.15. The van der Waals surface area contributed by atoms with Crippen molar-refractivity contribution in [1.82, 2.24) is 0 Å². The van der Waals surface area contributed by atoms with E-state index in [1.807, 2.05) is 30.3 Å². The standard InChI is InChI=1S/C13H18O2S/c14-12(11-6-2-1-3-7-11)13(15)8-4-5-9-16-10-13/h1-3,6-7,12,14-15H,4-5,8-10H2/t12-,13-/m0/s1. The van der Waals surface area contributed by atoms with Crippen LogP contribution in [0.15, 0.2) is 30.3 Å². The van der Waals surface area contributed by atoms with Gasteiger partial charge >= 0.3 is 0 Å². The van der Waals surface area contributed by atoms with Gasteiger partial charge < -0.3 is 10.2 Å². The molecule has 1 saturated heterocycles. The highest BCUT2D eigenvalue weighted by molar-refractivity contribution is 7.99. The fourth-order valence-corrected chi connectivity index (χ4v) is 3.33. The molecule has 0 aromatic heterocycles. The molecule has 1 heterocycles. The van der Waals surface area contributed by atoms with Gasteiger partial charge in [-0.2, -0.15) is 11.8 Å². The maximum Gasteiger partial charge on any atom is 0.108 e. The van der Waals surface area contributed by atoms with Crippen LogP contribution < -0.4 is 0 Å². The molecule has 0 bridgehead atoms. The maximum absolute atomic E-state index is 10.5. The van der Waals surface area contributed by atoms with E-state index in [2.05, 4.69) is 0 Å². The van der Waals surface area contributed by atoms with Crippen LogP contribution in [0.3, 0.4) is 0 Å². The zero-order chi connectivity index (χ0) is 11.4. The lowest BCUT2D eigenvalue weighted by atomic mass is 9.88. The second-order valence-corrected chi connectivity index (χ2v) is 5.53. The predicted molar refractivity (Wildman–Crippen MR) is 67.5 cm³/mol. The van der Waals surface area contributed by atoms with Crippen molar-refractivity contribution in [2.75, 3.05) is 11.5 Å². The topological polar surface area (TPSA) is 40.5 Å². The summed E-state index contributed by atoms with van der Waals surface area (Å²) in [4.78, 5) is 0. The Labute approximate surface area is 101 Å². The molecule has 2 atom stereocenters. The first-order chi connectivity index (χ1) is 7.72. The Morgan fingerprint density at radius 3 is 2.69 bits per heavy atom. The first-order valence-corrected chi connectivity index (χ1v) is 6.91. The highest BCUT2D eigenvalue weighted by Crippen LogP contribution is 2.35. The zero-order valence-corrected chi connectivity index (χ0v) is 10.1. The molecule has 1 aromatic carbocycles. The minimum atomic E-state index is -0.956. The molecule has 0 unspecified atom stereocenters. The van der Waals surface area contributed by atoms with Crippen LogP contribution in [0.1, 0.15) is 30.9 Å². The van der Waals surface area contributed by atoms with Crippen molar-refractivity contribution < 1.29 is 10.2 Å². The summed E-state index contributed by atoms with van der Waals surface area (Å²) in [6.45, 7) is 0. The van der Waals surface area contributed by atoms with Crippen LogP contribution in [-0.4, -0.2) is 27.3 Å². The Bertz CT molecular complexity index is 318.